The van der Waals surface area contributed by atoms with Crippen LogP contribution in [0.5, 0.6) is 0 Å². The van der Waals surface area contributed by atoms with Crippen molar-refractivity contribution >= 4 is 21.7 Å². The van der Waals surface area contributed by atoms with Gasteiger partial charge in [-0.25, -0.2) is 13.2 Å². The summed E-state index contributed by atoms with van der Waals surface area (Å²) in [5, 5.41) is 0. The molecule has 1 heterocycles. The second-order valence-electron chi connectivity index (χ2n) is 6.27. The molecule has 6 heteroatoms. The first kappa shape index (κ1) is 18.1. The van der Waals surface area contributed by atoms with E-state index in [1.807, 2.05) is 0 Å². The van der Waals surface area contributed by atoms with E-state index in [0.717, 1.165) is 18.2 Å². The van der Waals surface area contributed by atoms with Gasteiger partial charge in [-0.2, -0.15) is 0 Å². The summed E-state index contributed by atoms with van der Waals surface area (Å²) < 4.78 is 41.7. The first-order valence-electron chi connectivity index (χ1n) is 8.09. The lowest BCUT2D eigenvalue weighted by atomic mass is 9.88. The van der Waals surface area contributed by atoms with Gasteiger partial charge in [0.15, 0.2) is 5.78 Å². The summed E-state index contributed by atoms with van der Waals surface area (Å²) in [6.07, 6.45) is 1.10. The molecule has 0 saturated carbocycles. The van der Waals surface area contributed by atoms with Crippen molar-refractivity contribution in [3.63, 3.8) is 0 Å². The molecule has 0 spiro atoms. The fraction of sp³-hybridized carbons (Fsp3) is 0.316. The van der Waals surface area contributed by atoms with Gasteiger partial charge in [-0.05, 0) is 56.3 Å². The minimum absolute atomic E-state index is 0.183. The maximum absolute atomic E-state index is 13.9. The van der Waals surface area contributed by atoms with Gasteiger partial charge in [0.25, 0.3) is 0 Å². The molecule has 0 amide bonds. The number of piperidine rings is 1. The van der Waals surface area contributed by atoms with Crippen LogP contribution in [-0.2, 0) is 6.54 Å². The predicted molar refractivity (Wildman–Crippen MR) is 92.8 cm³/mol. The van der Waals surface area contributed by atoms with Crippen molar-refractivity contribution in [1.82, 2.24) is 4.90 Å². The molecule has 0 aromatic heterocycles. The SMILES string of the molecule is O=C(c1cc(F)ccc1F)C1CCN(Cc2ccc(Br)cc2F)CC1. The molecular formula is C19H17BrF3NO. The Bertz CT molecular complexity index is 788. The zero-order valence-electron chi connectivity index (χ0n) is 13.4. The van der Waals surface area contributed by atoms with E-state index < -0.39 is 11.6 Å². The number of nitrogens with zero attached hydrogens (tertiary/aromatic N) is 1. The number of ketones is 1. The number of benzene rings is 2. The number of carbonyl (C=O) groups excluding carboxylic acids is 1. The van der Waals surface area contributed by atoms with Gasteiger partial charge in [0.2, 0.25) is 0 Å². The molecule has 1 fully saturated rings. The fourth-order valence-electron chi connectivity index (χ4n) is 3.15. The quantitative estimate of drug-likeness (QED) is 0.662. The van der Waals surface area contributed by atoms with Crippen molar-refractivity contribution in [2.24, 2.45) is 5.92 Å². The van der Waals surface area contributed by atoms with Crippen LogP contribution in [-0.4, -0.2) is 23.8 Å². The zero-order chi connectivity index (χ0) is 18.0. The molecule has 0 unspecified atom stereocenters. The predicted octanol–water partition coefficient (Wildman–Crippen LogP) is 4.96. The number of Topliss-reactive ketones (excluding diaryl/α,β-unsaturated/α-hetero) is 1. The van der Waals surface area contributed by atoms with Gasteiger partial charge in [-0.15, -0.1) is 0 Å². The zero-order valence-corrected chi connectivity index (χ0v) is 15.0. The average molecular weight is 412 g/mol. The van der Waals surface area contributed by atoms with Gasteiger partial charge in [0.05, 0.1) is 5.56 Å². The lowest BCUT2D eigenvalue weighted by Crippen LogP contribution is -2.36. The van der Waals surface area contributed by atoms with Crippen molar-refractivity contribution in [3.05, 3.63) is 69.4 Å². The minimum atomic E-state index is -0.689. The second-order valence-corrected chi connectivity index (χ2v) is 7.19. The first-order valence-corrected chi connectivity index (χ1v) is 8.89. The van der Waals surface area contributed by atoms with Crippen molar-refractivity contribution in [2.45, 2.75) is 19.4 Å². The Morgan fingerprint density at radius 3 is 2.44 bits per heavy atom. The summed E-state index contributed by atoms with van der Waals surface area (Å²) in [6.45, 7) is 1.69. The van der Waals surface area contributed by atoms with Gasteiger partial charge in [0.1, 0.15) is 17.5 Å². The molecule has 0 radical (unpaired) electrons. The minimum Gasteiger partial charge on any atom is -0.299 e. The molecule has 0 atom stereocenters. The van der Waals surface area contributed by atoms with Crippen molar-refractivity contribution < 1.29 is 18.0 Å². The number of hydrogen-bond acceptors (Lipinski definition) is 2. The monoisotopic (exact) mass is 411 g/mol. The molecule has 2 aromatic rings. The van der Waals surface area contributed by atoms with E-state index in [1.54, 1.807) is 12.1 Å². The van der Waals surface area contributed by atoms with E-state index in [4.69, 9.17) is 0 Å². The summed E-state index contributed by atoms with van der Waals surface area (Å²) in [6, 6.07) is 7.90. The van der Waals surface area contributed by atoms with Crippen molar-refractivity contribution in [3.8, 4) is 0 Å². The van der Waals surface area contributed by atoms with Crippen LogP contribution in [0.4, 0.5) is 13.2 Å². The van der Waals surface area contributed by atoms with Crippen LogP contribution in [0.1, 0.15) is 28.8 Å². The lowest BCUT2D eigenvalue weighted by Gasteiger charge is -2.31. The molecule has 2 nitrogen and oxygen atoms in total. The third kappa shape index (κ3) is 4.30. The smallest absolute Gasteiger partial charge is 0.169 e. The molecular weight excluding hydrogens is 395 g/mol. The normalized spacial score (nSPS) is 16.2. The Morgan fingerprint density at radius 1 is 1.04 bits per heavy atom. The largest absolute Gasteiger partial charge is 0.299 e. The second kappa shape index (κ2) is 7.70. The highest BCUT2D eigenvalue weighted by molar-refractivity contribution is 9.10. The summed E-state index contributed by atoms with van der Waals surface area (Å²) in [5.41, 5.74) is 0.418. The van der Waals surface area contributed by atoms with Gasteiger partial charge >= 0.3 is 0 Å². The van der Waals surface area contributed by atoms with Crippen LogP contribution in [0.15, 0.2) is 40.9 Å². The van der Waals surface area contributed by atoms with E-state index in [2.05, 4.69) is 20.8 Å². The van der Waals surface area contributed by atoms with Gasteiger partial charge in [0, 0.05) is 22.5 Å². The number of likely N-dealkylation sites (tertiary alicyclic amines) is 1. The average Bonchev–Trinajstić information content (AvgIpc) is 2.59. The fourth-order valence-corrected chi connectivity index (χ4v) is 3.48. The lowest BCUT2D eigenvalue weighted by molar-refractivity contribution is 0.0829. The Morgan fingerprint density at radius 2 is 1.76 bits per heavy atom. The Labute approximate surface area is 152 Å². The molecule has 0 aliphatic carbocycles. The summed E-state index contributed by atoms with van der Waals surface area (Å²) in [7, 11) is 0. The van der Waals surface area contributed by atoms with E-state index in [1.165, 1.54) is 6.07 Å². The third-order valence-corrected chi connectivity index (χ3v) is 5.05. The van der Waals surface area contributed by atoms with Crippen molar-refractivity contribution in [1.29, 1.82) is 0 Å². The molecule has 132 valence electrons. The standard InChI is InChI=1S/C19H17BrF3NO/c20-14-2-1-13(18(23)9-14)11-24-7-5-12(6-8-24)19(25)16-10-15(21)3-4-17(16)22/h1-4,9-10,12H,5-8,11H2. The van der Waals surface area contributed by atoms with Crippen LogP contribution in [0.2, 0.25) is 0 Å². The van der Waals surface area contributed by atoms with Gasteiger partial charge < -0.3 is 0 Å². The van der Waals surface area contributed by atoms with Crippen LogP contribution < -0.4 is 0 Å². The maximum Gasteiger partial charge on any atom is 0.169 e. The number of carbonyl (C=O) groups is 1. The van der Waals surface area contributed by atoms with Gasteiger partial charge in [-0.1, -0.05) is 22.0 Å². The number of halogens is 4. The molecule has 1 aliphatic rings. The molecule has 2 aromatic carbocycles. The van der Waals surface area contributed by atoms with E-state index in [0.29, 0.717) is 42.5 Å². The van der Waals surface area contributed by atoms with Crippen LogP contribution in [0, 0.1) is 23.4 Å². The Hall–Kier alpha value is -1.66. The van der Waals surface area contributed by atoms with E-state index in [-0.39, 0.29) is 23.1 Å². The highest BCUT2D eigenvalue weighted by Gasteiger charge is 2.28. The summed E-state index contributed by atoms with van der Waals surface area (Å²) in [4.78, 5) is 14.5. The Balaban J connectivity index is 1.61. The molecule has 1 saturated heterocycles. The topological polar surface area (TPSA) is 20.3 Å². The highest BCUT2D eigenvalue weighted by atomic mass is 79.9. The maximum atomic E-state index is 13.9. The van der Waals surface area contributed by atoms with E-state index in [9.17, 15) is 18.0 Å². The number of hydrogen-bond donors (Lipinski definition) is 0. The Kier molecular flexibility index (Phi) is 5.59. The van der Waals surface area contributed by atoms with Gasteiger partial charge in [-0.3, -0.25) is 9.69 Å². The molecule has 1 aliphatic heterocycles. The molecule has 0 N–H and O–H groups in total. The van der Waals surface area contributed by atoms with Crippen LogP contribution in [0.25, 0.3) is 0 Å². The highest BCUT2D eigenvalue weighted by Crippen LogP contribution is 2.25. The van der Waals surface area contributed by atoms with Crippen molar-refractivity contribution in [2.75, 3.05) is 13.1 Å². The molecule has 25 heavy (non-hydrogen) atoms. The molecule has 3 rings (SSSR count). The summed E-state index contributed by atoms with van der Waals surface area (Å²) in [5.74, 6) is -2.26. The van der Waals surface area contributed by atoms with Crippen LogP contribution >= 0.6 is 15.9 Å². The van der Waals surface area contributed by atoms with Crippen LogP contribution in [0.3, 0.4) is 0 Å². The molecule has 0 bridgehead atoms. The number of rotatable bonds is 4. The first-order chi connectivity index (χ1) is 11.9. The third-order valence-electron chi connectivity index (χ3n) is 4.56. The summed E-state index contributed by atoms with van der Waals surface area (Å²) >= 11 is 3.23. The van der Waals surface area contributed by atoms with E-state index >= 15 is 0 Å².